The fourth-order valence-corrected chi connectivity index (χ4v) is 2.79. The monoisotopic (exact) mass is 379 g/mol. The summed E-state index contributed by atoms with van der Waals surface area (Å²) in [4.78, 5) is 37.8. The number of esters is 2. The third-order valence-corrected chi connectivity index (χ3v) is 3.95. The molecule has 0 radical (unpaired) electrons. The second-order valence-corrected chi connectivity index (χ2v) is 7.13. The topological polar surface area (TPSA) is 91.4 Å². The number of benzene rings is 1. The molecule has 148 valence electrons. The maximum atomic E-state index is 12.5. The van der Waals surface area contributed by atoms with E-state index in [1.165, 1.54) is 19.1 Å². The molecule has 8 heteroatoms. The summed E-state index contributed by atoms with van der Waals surface area (Å²) in [6.07, 6.45) is -0.904. The van der Waals surface area contributed by atoms with E-state index >= 15 is 0 Å². The Morgan fingerprint density at radius 2 is 1.74 bits per heavy atom. The molecule has 27 heavy (non-hydrogen) atoms. The van der Waals surface area contributed by atoms with Crippen molar-refractivity contribution < 1.29 is 33.3 Å². The van der Waals surface area contributed by atoms with E-state index in [0.29, 0.717) is 5.75 Å². The molecule has 1 aliphatic rings. The normalized spacial score (nSPS) is 19.4. The van der Waals surface area contributed by atoms with E-state index in [0.717, 1.165) is 0 Å². The first kappa shape index (κ1) is 20.5. The zero-order chi connectivity index (χ0) is 20.2. The van der Waals surface area contributed by atoms with Crippen LogP contribution in [0.15, 0.2) is 24.3 Å². The Balaban J connectivity index is 2.19. The smallest absolute Gasteiger partial charge is 0.411 e. The number of hydrogen-bond donors (Lipinski definition) is 0. The second-order valence-electron chi connectivity index (χ2n) is 7.13. The van der Waals surface area contributed by atoms with Crippen LogP contribution in [0, 0.1) is 0 Å². The summed E-state index contributed by atoms with van der Waals surface area (Å²) in [5, 5.41) is 0. The largest absolute Gasteiger partial charge is 0.488 e. The van der Waals surface area contributed by atoms with Crippen LogP contribution in [0.5, 0.6) is 5.75 Å². The molecular formula is C19H25NO7. The van der Waals surface area contributed by atoms with Crippen molar-refractivity contribution >= 4 is 18.0 Å². The van der Waals surface area contributed by atoms with Crippen molar-refractivity contribution in [2.24, 2.45) is 0 Å². The molecule has 1 aromatic carbocycles. The summed E-state index contributed by atoms with van der Waals surface area (Å²) < 4.78 is 20.8. The number of nitrogens with zero attached hydrogens (tertiary/aromatic N) is 1. The average Bonchev–Trinajstić information content (AvgIpc) is 3.03. The number of ether oxygens (including phenoxy) is 4. The van der Waals surface area contributed by atoms with Gasteiger partial charge in [0.1, 0.15) is 29.1 Å². The van der Waals surface area contributed by atoms with Crippen molar-refractivity contribution in [3.05, 3.63) is 29.8 Å². The molecule has 0 aromatic heterocycles. The van der Waals surface area contributed by atoms with Crippen molar-refractivity contribution in [2.45, 2.75) is 44.9 Å². The van der Waals surface area contributed by atoms with Crippen LogP contribution >= 0.6 is 0 Å². The molecule has 1 aromatic rings. The minimum atomic E-state index is -0.819. The summed E-state index contributed by atoms with van der Waals surface area (Å²) in [6.45, 7) is 5.36. The standard InChI is InChI=1S/C19H25NO7/c1-19(2,3)27-18(23)20-11-12(10-14(20)17(22)25-5)26-15-9-7-6-8-13(15)16(21)24-4/h6-9,12,14H,10-11H2,1-5H3. The van der Waals surface area contributed by atoms with Crippen LogP contribution in [0.4, 0.5) is 4.79 Å². The van der Waals surface area contributed by atoms with Gasteiger partial charge in [0.05, 0.1) is 20.8 Å². The molecule has 2 atom stereocenters. The van der Waals surface area contributed by atoms with E-state index in [9.17, 15) is 14.4 Å². The number of amides is 1. The molecular weight excluding hydrogens is 354 g/mol. The molecule has 1 amide bonds. The van der Waals surface area contributed by atoms with Gasteiger partial charge in [0.2, 0.25) is 0 Å². The lowest BCUT2D eigenvalue weighted by Gasteiger charge is -2.27. The molecule has 0 aliphatic carbocycles. The average molecular weight is 379 g/mol. The van der Waals surface area contributed by atoms with E-state index in [1.807, 2.05) is 0 Å². The molecule has 1 saturated heterocycles. The quantitative estimate of drug-likeness (QED) is 0.586. The number of para-hydroxylation sites is 1. The highest BCUT2D eigenvalue weighted by molar-refractivity contribution is 5.92. The second kappa shape index (κ2) is 8.28. The van der Waals surface area contributed by atoms with Crippen LogP contribution < -0.4 is 4.74 Å². The van der Waals surface area contributed by atoms with Crippen molar-refractivity contribution in [1.29, 1.82) is 0 Å². The summed E-state index contributed by atoms with van der Waals surface area (Å²) >= 11 is 0. The lowest BCUT2D eigenvalue weighted by Crippen LogP contribution is -2.44. The number of hydrogen-bond acceptors (Lipinski definition) is 7. The number of rotatable bonds is 4. The van der Waals surface area contributed by atoms with E-state index < -0.39 is 35.8 Å². The minimum absolute atomic E-state index is 0.129. The van der Waals surface area contributed by atoms with E-state index in [2.05, 4.69) is 0 Å². The van der Waals surface area contributed by atoms with E-state index in [-0.39, 0.29) is 18.5 Å². The maximum absolute atomic E-state index is 12.5. The number of carbonyl (C=O) groups excluding carboxylic acids is 3. The summed E-state index contributed by atoms with van der Waals surface area (Å²) in [5.41, 5.74) is -0.431. The fraction of sp³-hybridized carbons (Fsp3) is 0.526. The van der Waals surface area contributed by atoms with Gasteiger partial charge in [-0.15, -0.1) is 0 Å². The summed E-state index contributed by atoms with van der Waals surface area (Å²) in [5.74, 6) is -0.755. The van der Waals surface area contributed by atoms with Crippen LogP contribution in [0.3, 0.4) is 0 Å². The van der Waals surface area contributed by atoms with E-state index in [1.54, 1.807) is 45.0 Å². The Labute approximate surface area is 158 Å². The van der Waals surface area contributed by atoms with Crippen LogP contribution in [0.2, 0.25) is 0 Å². The first-order valence-corrected chi connectivity index (χ1v) is 8.57. The van der Waals surface area contributed by atoms with Crippen LogP contribution in [0.25, 0.3) is 0 Å². The van der Waals surface area contributed by atoms with Crippen LogP contribution in [-0.4, -0.2) is 61.4 Å². The minimum Gasteiger partial charge on any atom is -0.488 e. The third-order valence-electron chi connectivity index (χ3n) is 3.95. The predicted molar refractivity (Wildman–Crippen MR) is 95.6 cm³/mol. The number of likely N-dealkylation sites (tertiary alicyclic amines) is 1. The van der Waals surface area contributed by atoms with Gasteiger partial charge in [0.15, 0.2) is 0 Å². The van der Waals surface area contributed by atoms with Crippen molar-refractivity contribution in [2.75, 3.05) is 20.8 Å². The van der Waals surface area contributed by atoms with Gasteiger partial charge in [-0.2, -0.15) is 0 Å². The van der Waals surface area contributed by atoms with E-state index in [4.69, 9.17) is 18.9 Å². The van der Waals surface area contributed by atoms with Crippen molar-refractivity contribution in [3.63, 3.8) is 0 Å². The van der Waals surface area contributed by atoms with Crippen molar-refractivity contribution in [1.82, 2.24) is 4.90 Å². The highest BCUT2D eigenvalue weighted by atomic mass is 16.6. The van der Waals surface area contributed by atoms with Gasteiger partial charge in [-0.1, -0.05) is 12.1 Å². The van der Waals surface area contributed by atoms with Gasteiger partial charge in [-0.25, -0.2) is 14.4 Å². The van der Waals surface area contributed by atoms with Crippen molar-refractivity contribution in [3.8, 4) is 5.75 Å². The predicted octanol–water partition coefficient (Wildman–Crippen LogP) is 2.40. The van der Waals surface area contributed by atoms with Gasteiger partial charge in [-0.3, -0.25) is 4.90 Å². The van der Waals surface area contributed by atoms with Gasteiger partial charge >= 0.3 is 18.0 Å². The zero-order valence-corrected chi connectivity index (χ0v) is 16.2. The molecule has 1 fully saturated rings. The lowest BCUT2D eigenvalue weighted by atomic mass is 10.1. The number of carbonyl (C=O) groups is 3. The first-order valence-electron chi connectivity index (χ1n) is 8.57. The number of methoxy groups -OCH3 is 2. The molecule has 1 aliphatic heterocycles. The molecule has 1 heterocycles. The SMILES string of the molecule is COC(=O)c1ccccc1OC1CC(C(=O)OC)N(C(=O)OC(C)(C)C)C1. The van der Waals surface area contributed by atoms with Gasteiger partial charge in [0.25, 0.3) is 0 Å². The van der Waals surface area contributed by atoms with Gasteiger partial charge in [0, 0.05) is 6.42 Å². The molecule has 2 rings (SSSR count). The highest BCUT2D eigenvalue weighted by Gasteiger charge is 2.43. The Hall–Kier alpha value is -2.77. The highest BCUT2D eigenvalue weighted by Crippen LogP contribution is 2.28. The molecule has 2 unspecified atom stereocenters. The Morgan fingerprint density at radius 3 is 2.33 bits per heavy atom. The maximum Gasteiger partial charge on any atom is 0.411 e. The zero-order valence-electron chi connectivity index (χ0n) is 16.2. The first-order chi connectivity index (χ1) is 12.7. The van der Waals surface area contributed by atoms with Crippen LogP contribution in [-0.2, 0) is 19.0 Å². The van der Waals surface area contributed by atoms with Gasteiger partial charge in [-0.05, 0) is 32.9 Å². The Bertz CT molecular complexity index is 710. The summed E-state index contributed by atoms with van der Waals surface area (Å²) in [7, 11) is 2.54. The molecule has 0 N–H and O–H groups in total. The lowest BCUT2D eigenvalue weighted by molar-refractivity contribution is -0.145. The fourth-order valence-electron chi connectivity index (χ4n) is 2.79. The third kappa shape index (κ3) is 5.12. The molecule has 8 nitrogen and oxygen atoms in total. The van der Waals surface area contributed by atoms with Gasteiger partial charge < -0.3 is 18.9 Å². The Kier molecular flexibility index (Phi) is 6.30. The summed E-state index contributed by atoms with van der Waals surface area (Å²) in [6, 6.07) is 5.81. The van der Waals surface area contributed by atoms with Crippen LogP contribution in [0.1, 0.15) is 37.6 Å². The molecule has 0 bridgehead atoms. The Morgan fingerprint density at radius 1 is 1.07 bits per heavy atom. The molecule has 0 saturated carbocycles. The molecule has 0 spiro atoms.